The Morgan fingerprint density at radius 1 is 1.56 bits per heavy atom. The average Bonchev–Trinajstić information content (AvgIpc) is 1.90. The molecule has 0 atom stereocenters. The summed E-state index contributed by atoms with van der Waals surface area (Å²) in [7, 11) is -1.33. The Labute approximate surface area is 54.1 Å². The molecule has 0 amide bonds. The van der Waals surface area contributed by atoms with Gasteiger partial charge in [-0.15, -0.1) is 0 Å². The molecule has 1 rings (SSSR count). The fourth-order valence-electron chi connectivity index (χ4n) is 0.774. The van der Waals surface area contributed by atoms with Gasteiger partial charge in [0.15, 0.2) is 0 Å². The summed E-state index contributed by atoms with van der Waals surface area (Å²) in [5, 5.41) is 17.2. The second-order valence-corrected chi connectivity index (χ2v) is 2.04. The standard InChI is InChI=1S/C5H9BO3/c7-6(8)5-2-1-3-9-4-5/h4,7-8H,1-3H2. The van der Waals surface area contributed by atoms with Gasteiger partial charge in [-0.3, -0.25) is 0 Å². The van der Waals surface area contributed by atoms with Crippen LogP contribution in [0.2, 0.25) is 0 Å². The third-order valence-corrected chi connectivity index (χ3v) is 1.29. The van der Waals surface area contributed by atoms with Crippen LogP contribution in [0.5, 0.6) is 0 Å². The van der Waals surface area contributed by atoms with Crippen LogP contribution in [0.1, 0.15) is 12.8 Å². The molecule has 0 bridgehead atoms. The summed E-state index contributed by atoms with van der Waals surface area (Å²) in [5.74, 6) is 0. The molecule has 0 aromatic heterocycles. The highest BCUT2D eigenvalue weighted by Gasteiger charge is 2.16. The van der Waals surface area contributed by atoms with Gasteiger partial charge in [0.1, 0.15) is 0 Å². The summed E-state index contributed by atoms with van der Waals surface area (Å²) < 4.78 is 4.86. The molecule has 1 aliphatic rings. The number of allylic oxidation sites excluding steroid dienone is 1. The molecule has 0 saturated carbocycles. The number of hydrogen-bond donors (Lipinski definition) is 2. The van der Waals surface area contributed by atoms with Crippen LogP contribution in [0.4, 0.5) is 0 Å². The Morgan fingerprint density at radius 2 is 2.33 bits per heavy atom. The molecule has 1 aliphatic heterocycles. The number of hydrogen-bond acceptors (Lipinski definition) is 3. The molecule has 0 saturated heterocycles. The Kier molecular flexibility index (Phi) is 2.13. The average molecular weight is 128 g/mol. The summed E-state index contributed by atoms with van der Waals surface area (Å²) in [5.41, 5.74) is 0.571. The predicted molar refractivity (Wildman–Crippen MR) is 33.5 cm³/mol. The summed E-state index contributed by atoms with van der Waals surface area (Å²) in [6, 6.07) is 0. The van der Waals surface area contributed by atoms with E-state index < -0.39 is 7.12 Å². The minimum Gasteiger partial charge on any atom is -0.502 e. The first kappa shape index (κ1) is 6.64. The highest BCUT2D eigenvalue weighted by atomic mass is 16.5. The van der Waals surface area contributed by atoms with E-state index in [1.807, 2.05) is 0 Å². The first-order valence-electron chi connectivity index (χ1n) is 2.97. The molecule has 1 heterocycles. The summed E-state index contributed by atoms with van der Waals surface area (Å²) in [4.78, 5) is 0. The van der Waals surface area contributed by atoms with Crippen molar-refractivity contribution in [1.82, 2.24) is 0 Å². The van der Waals surface area contributed by atoms with Crippen molar-refractivity contribution >= 4 is 7.12 Å². The van der Waals surface area contributed by atoms with E-state index in [0.717, 1.165) is 12.8 Å². The number of ether oxygens (including phenoxy) is 1. The van der Waals surface area contributed by atoms with Crippen molar-refractivity contribution < 1.29 is 14.8 Å². The zero-order chi connectivity index (χ0) is 6.69. The van der Waals surface area contributed by atoms with Gasteiger partial charge in [-0.05, 0) is 18.3 Å². The number of rotatable bonds is 1. The molecule has 4 heteroatoms. The molecule has 0 spiro atoms. The third kappa shape index (κ3) is 1.73. The van der Waals surface area contributed by atoms with E-state index in [0.29, 0.717) is 12.1 Å². The molecular formula is C5H9BO3. The second-order valence-electron chi connectivity index (χ2n) is 2.04. The van der Waals surface area contributed by atoms with Gasteiger partial charge >= 0.3 is 7.12 Å². The van der Waals surface area contributed by atoms with Crippen LogP contribution >= 0.6 is 0 Å². The predicted octanol–water partition coefficient (Wildman–Crippen LogP) is -0.307. The lowest BCUT2D eigenvalue weighted by Gasteiger charge is -2.11. The van der Waals surface area contributed by atoms with Crippen LogP contribution in [0, 0.1) is 0 Å². The Hall–Kier alpha value is -0.475. The van der Waals surface area contributed by atoms with Gasteiger partial charge < -0.3 is 14.8 Å². The fourth-order valence-corrected chi connectivity index (χ4v) is 0.774. The normalized spacial score (nSPS) is 18.2. The zero-order valence-electron chi connectivity index (χ0n) is 5.08. The van der Waals surface area contributed by atoms with Gasteiger partial charge in [0, 0.05) is 0 Å². The lowest BCUT2D eigenvalue weighted by atomic mass is 9.77. The van der Waals surface area contributed by atoms with Gasteiger partial charge in [0.05, 0.1) is 12.9 Å². The highest BCUT2D eigenvalue weighted by Crippen LogP contribution is 2.11. The molecule has 3 nitrogen and oxygen atoms in total. The van der Waals surface area contributed by atoms with Crippen LogP contribution in [-0.2, 0) is 4.74 Å². The van der Waals surface area contributed by atoms with Crippen molar-refractivity contribution in [2.75, 3.05) is 6.61 Å². The lowest BCUT2D eigenvalue weighted by molar-refractivity contribution is 0.225. The van der Waals surface area contributed by atoms with Gasteiger partial charge in [0.25, 0.3) is 0 Å². The maximum Gasteiger partial charge on any atom is 0.487 e. The first-order valence-corrected chi connectivity index (χ1v) is 2.97. The van der Waals surface area contributed by atoms with Crippen molar-refractivity contribution in [3.63, 3.8) is 0 Å². The van der Waals surface area contributed by atoms with Crippen LogP contribution in [-0.4, -0.2) is 23.8 Å². The fraction of sp³-hybridized carbons (Fsp3) is 0.600. The van der Waals surface area contributed by atoms with Gasteiger partial charge in [-0.2, -0.15) is 0 Å². The van der Waals surface area contributed by atoms with Gasteiger partial charge in [-0.25, -0.2) is 0 Å². The van der Waals surface area contributed by atoms with Crippen molar-refractivity contribution in [2.24, 2.45) is 0 Å². The maximum absolute atomic E-state index is 8.58. The minimum atomic E-state index is -1.33. The van der Waals surface area contributed by atoms with E-state index in [2.05, 4.69) is 0 Å². The van der Waals surface area contributed by atoms with Crippen molar-refractivity contribution in [3.05, 3.63) is 11.7 Å². The molecular weight excluding hydrogens is 119 g/mol. The topological polar surface area (TPSA) is 49.7 Å². The molecule has 0 aromatic carbocycles. The van der Waals surface area contributed by atoms with E-state index in [1.54, 1.807) is 0 Å². The van der Waals surface area contributed by atoms with E-state index >= 15 is 0 Å². The minimum absolute atomic E-state index is 0.571. The molecule has 0 aromatic rings. The van der Waals surface area contributed by atoms with E-state index in [4.69, 9.17) is 14.8 Å². The quantitative estimate of drug-likeness (QED) is 0.476. The Balaban J connectivity index is 2.46. The van der Waals surface area contributed by atoms with E-state index in [9.17, 15) is 0 Å². The van der Waals surface area contributed by atoms with Crippen LogP contribution in [0.15, 0.2) is 11.7 Å². The largest absolute Gasteiger partial charge is 0.502 e. The van der Waals surface area contributed by atoms with Crippen molar-refractivity contribution in [2.45, 2.75) is 12.8 Å². The van der Waals surface area contributed by atoms with Gasteiger partial charge in [0.2, 0.25) is 0 Å². The molecule has 0 unspecified atom stereocenters. The Morgan fingerprint density at radius 3 is 2.67 bits per heavy atom. The third-order valence-electron chi connectivity index (χ3n) is 1.29. The van der Waals surface area contributed by atoms with E-state index in [-0.39, 0.29) is 0 Å². The summed E-state index contributed by atoms with van der Waals surface area (Å²) in [6.45, 7) is 0.691. The summed E-state index contributed by atoms with van der Waals surface area (Å²) >= 11 is 0. The van der Waals surface area contributed by atoms with Crippen molar-refractivity contribution in [1.29, 1.82) is 0 Å². The van der Waals surface area contributed by atoms with Crippen LogP contribution in [0.3, 0.4) is 0 Å². The van der Waals surface area contributed by atoms with Crippen LogP contribution in [0.25, 0.3) is 0 Å². The molecule has 2 N–H and O–H groups in total. The SMILES string of the molecule is OB(O)C1=COCCC1. The molecule has 0 aliphatic carbocycles. The van der Waals surface area contributed by atoms with Crippen LogP contribution < -0.4 is 0 Å². The Bertz CT molecular complexity index is 121. The molecule has 0 fully saturated rings. The van der Waals surface area contributed by atoms with Crippen molar-refractivity contribution in [3.8, 4) is 0 Å². The molecule has 50 valence electrons. The first-order chi connectivity index (χ1) is 4.30. The lowest BCUT2D eigenvalue weighted by Crippen LogP contribution is -2.18. The monoisotopic (exact) mass is 128 g/mol. The smallest absolute Gasteiger partial charge is 0.487 e. The summed E-state index contributed by atoms with van der Waals surface area (Å²) in [6.07, 6.45) is 3.04. The van der Waals surface area contributed by atoms with Gasteiger partial charge in [-0.1, -0.05) is 0 Å². The zero-order valence-corrected chi connectivity index (χ0v) is 5.08. The second kappa shape index (κ2) is 2.89. The van der Waals surface area contributed by atoms with E-state index in [1.165, 1.54) is 6.26 Å². The molecule has 9 heavy (non-hydrogen) atoms. The highest BCUT2D eigenvalue weighted by molar-refractivity contribution is 6.50. The molecule has 0 radical (unpaired) electrons. The maximum atomic E-state index is 8.58.